The molecule has 1 unspecified atom stereocenters. The molecule has 5 heteroatoms. The van der Waals surface area contributed by atoms with Crippen LogP contribution in [-0.4, -0.2) is 34.7 Å². The van der Waals surface area contributed by atoms with Gasteiger partial charge in [-0.25, -0.2) is 0 Å². The van der Waals surface area contributed by atoms with Crippen molar-refractivity contribution in [3.8, 4) is 0 Å². The lowest BCUT2D eigenvalue weighted by atomic mass is 10.1. The number of nitrogens with two attached hydrogens (primary N) is 1. The Morgan fingerprint density at radius 3 is 1.40 bits per heavy atom. The summed E-state index contributed by atoms with van der Waals surface area (Å²) in [6.07, 6.45) is 2.19. The van der Waals surface area contributed by atoms with Crippen molar-refractivity contribution in [1.82, 2.24) is 0 Å². The van der Waals surface area contributed by atoms with Gasteiger partial charge in [0, 0.05) is 31.9 Å². The van der Waals surface area contributed by atoms with Crippen molar-refractivity contribution < 1.29 is 13.3 Å². The summed E-state index contributed by atoms with van der Waals surface area (Å²) in [5.41, 5.74) is 5.49. The monoisotopic (exact) mass is 307 g/mol. The van der Waals surface area contributed by atoms with Crippen LogP contribution in [0.3, 0.4) is 0 Å². The van der Waals surface area contributed by atoms with E-state index in [1.807, 2.05) is 27.7 Å². The summed E-state index contributed by atoms with van der Waals surface area (Å²) in [6.45, 7) is 16.5. The van der Waals surface area contributed by atoms with Crippen LogP contribution in [0.25, 0.3) is 0 Å². The van der Waals surface area contributed by atoms with Crippen molar-refractivity contribution in [1.29, 1.82) is 0 Å². The molecule has 20 heavy (non-hydrogen) atoms. The van der Waals surface area contributed by atoms with Gasteiger partial charge < -0.3 is 19.0 Å². The topological polar surface area (TPSA) is 53.7 Å². The Balaban J connectivity index is 0. The molecular formula is C15H37NO3Si. The molecule has 0 radical (unpaired) electrons. The summed E-state index contributed by atoms with van der Waals surface area (Å²) < 4.78 is 16.9. The van der Waals surface area contributed by atoms with E-state index in [2.05, 4.69) is 20.8 Å². The fourth-order valence-corrected chi connectivity index (χ4v) is 4.67. The molecule has 0 heterocycles. The molecule has 0 fully saturated rings. The predicted molar refractivity (Wildman–Crippen MR) is 88.8 cm³/mol. The van der Waals surface area contributed by atoms with Crippen LogP contribution in [0.2, 0.25) is 6.04 Å². The number of hydrogen-bond donors (Lipinski definition) is 1. The maximum atomic E-state index is 5.65. The molecular weight excluding hydrogens is 270 g/mol. The third-order valence-electron chi connectivity index (χ3n) is 2.49. The fraction of sp³-hybridized carbons (Fsp3) is 1.00. The zero-order valence-electron chi connectivity index (χ0n) is 14.7. The van der Waals surface area contributed by atoms with Crippen LogP contribution < -0.4 is 5.73 Å². The van der Waals surface area contributed by atoms with Gasteiger partial charge in [-0.1, -0.05) is 27.2 Å². The van der Waals surface area contributed by atoms with E-state index in [0.717, 1.165) is 24.8 Å². The first kappa shape index (κ1) is 22.3. The third-order valence-corrected chi connectivity index (χ3v) is 5.79. The highest BCUT2D eigenvalue weighted by Gasteiger charge is 2.38. The minimum Gasteiger partial charge on any atom is -0.374 e. The van der Waals surface area contributed by atoms with Gasteiger partial charge in [-0.3, -0.25) is 0 Å². The van der Waals surface area contributed by atoms with Crippen molar-refractivity contribution in [2.75, 3.05) is 19.8 Å². The van der Waals surface area contributed by atoms with Crippen molar-refractivity contribution in [2.45, 2.75) is 73.4 Å². The zero-order valence-corrected chi connectivity index (χ0v) is 15.7. The second kappa shape index (κ2) is 14.0. The van der Waals surface area contributed by atoms with Crippen LogP contribution >= 0.6 is 0 Å². The highest BCUT2D eigenvalue weighted by Crippen LogP contribution is 2.17. The van der Waals surface area contributed by atoms with E-state index in [1.165, 1.54) is 0 Å². The Labute approximate surface area is 127 Å². The Hall–Kier alpha value is 0.0569. The quantitative estimate of drug-likeness (QED) is 0.623. The Morgan fingerprint density at radius 1 is 0.850 bits per heavy atom. The van der Waals surface area contributed by atoms with Crippen LogP contribution in [0, 0.1) is 5.92 Å². The molecule has 0 aromatic rings. The van der Waals surface area contributed by atoms with Crippen LogP contribution in [-0.2, 0) is 13.3 Å². The van der Waals surface area contributed by atoms with Gasteiger partial charge in [-0.15, -0.1) is 0 Å². The highest BCUT2D eigenvalue weighted by atomic mass is 28.4. The van der Waals surface area contributed by atoms with E-state index in [4.69, 9.17) is 19.0 Å². The predicted octanol–water partition coefficient (Wildman–Crippen LogP) is 3.82. The molecule has 2 N–H and O–H groups in total. The van der Waals surface area contributed by atoms with Gasteiger partial charge in [-0.2, -0.15) is 0 Å². The van der Waals surface area contributed by atoms with Crippen LogP contribution in [0.5, 0.6) is 0 Å². The molecule has 124 valence electrons. The second-order valence-electron chi connectivity index (χ2n) is 5.34. The van der Waals surface area contributed by atoms with Crippen molar-refractivity contribution in [2.24, 2.45) is 11.7 Å². The Morgan fingerprint density at radius 2 is 1.25 bits per heavy atom. The molecule has 0 aliphatic carbocycles. The van der Waals surface area contributed by atoms with Gasteiger partial charge in [0.05, 0.1) is 0 Å². The number of rotatable bonds is 10. The minimum absolute atomic E-state index is 0.375. The summed E-state index contributed by atoms with van der Waals surface area (Å²) >= 11 is 0. The molecule has 0 rings (SSSR count). The summed E-state index contributed by atoms with van der Waals surface area (Å²) in [7, 11) is -2.30. The summed E-state index contributed by atoms with van der Waals surface area (Å²) in [4.78, 5) is 0. The minimum atomic E-state index is -2.30. The summed E-state index contributed by atoms with van der Waals surface area (Å²) in [5.74, 6) is 0.750. The molecule has 0 spiro atoms. The van der Waals surface area contributed by atoms with Gasteiger partial charge in [-0.05, 0) is 40.0 Å². The van der Waals surface area contributed by atoms with Crippen molar-refractivity contribution in [3.63, 3.8) is 0 Å². The van der Waals surface area contributed by atoms with E-state index in [9.17, 15) is 0 Å². The lowest BCUT2D eigenvalue weighted by molar-refractivity contribution is 0.0712. The Bertz CT molecular complexity index is 166. The molecule has 1 atom stereocenters. The van der Waals surface area contributed by atoms with Gasteiger partial charge in [0.2, 0.25) is 0 Å². The lowest BCUT2D eigenvalue weighted by Crippen LogP contribution is -2.45. The van der Waals surface area contributed by atoms with E-state index in [-0.39, 0.29) is 0 Å². The van der Waals surface area contributed by atoms with Crippen LogP contribution in [0.15, 0.2) is 0 Å². The SMILES string of the molecule is CC(C)CC(C)N.CCC[Si](OCC)(OCC)OCC. The molecule has 0 saturated carbocycles. The average Bonchev–Trinajstić information content (AvgIpc) is 2.29. The summed E-state index contributed by atoms with van der Waals surface area (Å²) in [6, 6.07) is 1.29. The molecule has 0 aliphatic rings. The maximum absolute atomic E-state index is 5.65. The van der Waals surface area contributed by atoms with Crippen molar-refractivity contribution in [3.05, 3.63) is 0 Å². The molecule has 0 aromatic heterocycles. The van der Waals surface area contributed by atoms with E-state index in [1.54, 1.807) is 0 Å². The first-order chi connectivity index (χ1) is 9.37. The third kappa shape index (κ3) is 13.1. The van der Waals surface area contributed by atoms with E-state index in [0.29, 0.717) is 25.9 Å². The first-order valence-electron chi connectivity index (χ1n) is 8.04. The first-order valence-corrected chi connectivity index (χ1v) is 9.97. The van der Waals surface area contributed by atoms with Crippen LogP contribution in [0.4, 0.5) is 0 Å². The average molecular weight is 308 g/mol. The standard InChI is InChI=1S/C9H22O3Si.C6H15N/c1-5-9-13(10-6-2,11-7-3)12-8-4;1-5(2)4-6(3)7/h5-9H2,1-4H3;5-6H,4,7H2,1-3H3. The van der Waals surface area contributed by atoms with Gasteiger partial charge in [0.15, 0.2) is 0 Å². The lowest BCUT2D eigenvalue weighted by Gasteiger charge is -2.27. The molecule has 4 nitrogen and oxygen atoms in total. The zero-order chi connectivity index (χ0) is 16.0. The molecule has 0 aromatic carbocycles. The molecule has 0 amide bonds. The molecule has 0 saturated heterocycles. The fourth-order valence-electron chi connectivity index (χ4n) is 2.05. The van der Waals surface area contributed by atoms with Gasteiger partial charge in [0.1, 0.15) is 0 Å². The van der Waals surface area contributed by atoms with E-state index < -0.39 is 8.80 Å². The number of hydrogen-bond acceptors (Lipinski definition) is 4. The molecule has 0 aliphatic heterocycles. The smallest absolute Gasteiger partial charge is 0.374 e. The van der Waals surface area contributed by atoms with Crippen molar-refractivity contribution >= 4 is 8.80 Å². The van der Waals surface area contributed by atoms with E-state index >= 15 is 0 Å². The second-order valence-corrected chi connectivity index (χ2v) is 8.07. The van der Waals surface area contributed by atoms with Gasteiger partial charge >= 0.3 is 8.80 Å². The Kier molecular flexibility index (Phi) is 15.7. The van der Waals surface area contributed by atoms with Gasteiger partial charge in [0.25, 0.3) is 0 Å². The highest BCUT2D eigenvalue weighted by molar-refractivity contribution is 6.60. The summed E-state index contributed by atoms with van der Waals surface area (Å²) in [5, 5.41) is 0. The maximum Gasteiger partial charge on any atom is 0.500 e. The molecule has 0 bridgehead atoms. The van der Waals surface area contributed by atoms with Crippen LogP contribution in [0.1, 0.15) is 61.3 Å². The normalized spacial score (nSPS) is 13.1. The largest absolute Gasteiger partial charge is 0.500 e.